The van der Waals surface area contributed by atoms with Gasteiger partial charge < -0.3 is 0 Å². The molecule has 0 atom stereocenters. The monoisotopic (exact) mass is 280 g/mol. The van der Waals surface area contributed by atoms with Crippen LogP contribution >= 0.6 is 15.9 Å². The first-order valence-electron chi connectivity index (χ1n) is 4.99. The molecule has 1 heterocycles. The van der Waals surface area contributed by atoms with Crippen LogP contribution in [-0.2, 0) is 4.79 Å². The number of hydrogen-bond donors (Lipinski definition) is 1. The SMILES string of the molecule is C=C1C(=O)NN(c2ccc(Br)cc2)C1(C)C. The third-order valence-corrected chi connectivity index (χ3v) is 3.40. The standard InChI is InChI=1S/C12H13BrN2O/c1-8-11(16)14-15(12(8,2)3)10-6-4-9(13)5-7-10/h4-7H,1H2,2-3H3,(H,14,16). The Labute approximate surface area is 103 Å². The molecule has 1 fully saturated rings. The van der Waals surface area contributed by atoms with Gasteiger partial charge in [0.2, 0.25) is 0 Å². The van der Waals surface area contributed by atoms with E-state index in [-0.39, 0.29) is 5.91 Å². The van der Waals surface area contributed by atoms with E-state index in [0.29, 0.717) is 5.57 Å². The Bertz CT molecular complexity index is 451. The minimum Gasteiger partial charge on any atom is -0.275 e. The summed E-state index contributed by atoms with van der Waals surface area (Å²) in [6, 6.07) is 7.78. The van der Waals surface area contributed by atoms with Gasteiger partial charge >= 0.3 is 0 Å². The summed E-state index contributed by atoms with van der Waals surface area (Å²) in [6.45, 7) is 7.75. The number of rotatable bonds is 1. The zero-order valence-electron chi connectivity index (χ0n) is 9.25. The van der Waals surface area contributed by atoms with Crippen LogP contribution in [0.1, 0.15) is 13.8 Å². The van der Waals surface area contributed by atoms with Crippen molar-refractivity contribution in [2.45, 2.75) is 19.4 Å². The van der Waals surface area contributed by atoms with Gasteiger partial charge in [0.25, 0.3) is 5.91 Å². The lowest BCUT2D eigenvalue weighted by molar-refractivity contribution is -0.116. The highest BCUT2D eigenvalue weighted by Crippen LogP contribution is 2.32. The van der Waals surface area contributed by atoms with Gasteiger partial charge in [-0.3, -0.25) is 15.2 Å². The minimum absolute atomic E-state index is 0.118. The van der Waals surface area contributed by atoms with Crippen molar-refractivity contribution in [1.29, 1.82) is 0 Å². The van der Waals surface area contributed by atoms with Crippen LogP contribution in [-0.4, -0.2) is 11.4 Å². The second kappa shape index (κ2) is 3.63. The molecule has 0 bridgehead atoms. The van der Waals surface area contributed by atoms with Crippen molar-refractivity contribution in [1.82, 2.24) is 5.43 Å². The predicted molar refractivity (Wildman–Crippen MR) is 68.0 cm³/mol. The van der Waals surface area contributed by atoms with Gasteiger partial charge in [0.15, 0.2) is 0 Å². The number of anilines is 1. The van der Waals surface area contributed by atoms with E-state index in [4.69, 9.17) is 0 Å². The van der Waals surface area contributed by atoms with E-state index in [0.717, 1.165) is 10.2 Å². The average molecular weight is 281 g/mol. The van der Waals surface area contributed by atoms with E-state index in [9.17, 15) is 4.79 Å². The Morgan fingerprint density at radius 3 is 2.31 bits per heavy atom. The van der Waals surface area contributed by atoms with Crippen LogP contribution in [0, 0.1) is 0 Å². The molecule has 0 spiro atoms. The predicted octanol–water partition coefficient (Wildman–Crippen LogP) is 2.64. The molecule has 0 aliphatic carbocycles. The van der Waals surface area contributed by atoms with Gasteiger partial charge in [0.1, 0.15) is 0 Å². The molecule has 1 N–H and O–H groups in total. The number of nitrogens with one attached hydrogen (secondary N) is 1. The van der Waals surface area contributed by atoms with E-state index in [2.05, 4.69) is 27.9 Å². The maximum absolute atomic E-state index is 11.6. The first-order chi connectivity index (χ1) is 7.43. The molecule has 0 radical (unpaired) electrons. The van der Waals surface area contributed by atoms with Gasteiger partial charge in [-0.1, -0.05) is 22.5 Å². The summed E-state index contributed by atoms with van der Waals surface area (Å²) >= 11 is 3.38. The van der Waals surface area contributed by atoms with Crippen LogP contribution in [0.5, 0.6) is 0 Å². The van der Waals surface area contributed by atoms with Crippen LogP contribution in [0.25, 0.3) is 0 Å². The molecule has 16 heavy (non-hydrogen) atoms. The third-order valence-electron chi connectivity index (χ3n) is 2.87. The topological polar surface area (TPSA) is 32.3 Å². The second-order valence-corrected chi connectivity index (χ2v) is 5.21. The lowest BCUT2D eigenvalue weighted by atomic mass is 9.96. The van der Waals surface area contributed by atoms with Crippen LogP contribution in [0.3, 0.4) is 0 Å². The summed E-state index contributed by atoms with van der Waals surface area (Å²) in [6.07, 6.45) is 0. The summed E-state index contributed by atoms with van der Waals surface area (Å²) < 4.78 is 1.01. The molecule has 1 aliphatic rings. The van der Waals surface area contributed by atoms with Crippen molar-refractivity contribution in [3.05, 3.63) is 40.9 Å². The molecule has 0 saturated carbocycles. The van der Waals surface area contributed by atoms with E-state index in [1.807, 2.05) is 43.1 Å². The minimum atomic E-state index is -0.398. The Balaban J connectivity index is 2.39. The second-order valence-electron chi connectivity index (χ2n) is 4.29. The number of nitrogens with zero attached hydrogens (tertiary/aromatic N) is 1. The number of hydrogen-bond acceptors (Lipinski definition) is 2. The third kappa shape index (κ3) is 1.63. The number of hydrazine groups is 1. The Hall–Kier alpha value is -1.29. The van der Waals surface area contributed by atoms with Crippen molar-refractivity contribution in [3.63, 3.8) is 0 Å². The first-order valence-corrected chi connectivity index (χ1v) is 5.78. The lowest BCUT2D eigenvalue weighted by Gasteiger charge is -2.31. The van der Waals surface area contributed by atoms with Crippen LogP contribution in [0.15, 0.2) is 40.9 Å². The van der Waals surface area contributed by atoms with Gasteiger partial charge in [-0.2, -0.15) is 0 Å². The van der Waals surface area contributed by atoms with Crippen LogP contribution in [0.4, 0.5) is 5.69 Å². The van der Waals surface area contributed by atoms with Gasteiger partial charge in [-0.05, 0) is 38.1 Å². The van der Waals surface area contributed by atoms with Crippen LogP contribution in [0.2, 0.25) is 0 Å². The largest absolute Gasteiger partial charge is 0.275 e. The van der Waals surface area contributed by atoms with Crippen molar-refractivity contribution < 1.29 is 4.79 Å². The molecule has 2 rings (SSSR count). The summed E-state index contributed by atoms with van der Waals surface area (Å²) in [5.74, 6) is -0.118. The number of benzene rings is 1. The summed E-state index contributed by atoms with van der Waals surface area (Å²) in [7, 11) is 0. The van der Waals surface area contributed by atoms with Crippen molar-refractivity contribution in [2.24, 2.45) is 0 Å². The molecular weight excluding hydrogens is 268 g/mol. The lowest BCUT2D eigenvalue weighted by Crippen LogP contribution is -2.44. The van der Waals surface area contributed by atoms with E-state index in [1.54, 1.807) is 0 Å². The fourth-order valence-electron chi connectivity index (χ4n) is 1.70. The van der Waals surface area contributed by atoms with E-state index in [1.165, 1.54) is 0 Å². The summed E-state index contributed by atoms with van der Waals surface area (Å²) in [4.78, 5) is 11.6. The molecule has 0 aromatic heterocycles. The van der Waals surface area contributed by atoms with Crippen molar-refractivity contribution in [2.75, 3.05) is 5.01 Å². The van der Waals surface area contributed by atoms with E-state index < -0.39 is 5.54 Å². The van der Waals surface area contributed by atoms with Gasteiger partial charge in [0.05, 0.1) is 11.2 Å². The van der Waals surface area contributed by atoms with Gasteiger partial charge in [0, 0.05) is 10.0 Å². The smallest absolute Gasteiger partial charge is 0.267 e. The molecule has 1 saturated heterocycles. The molecule has 1 aliphatic heterocycles. The molecule has 1 amide bonds. The fourth-order valence-corrected chi connectivity index (χ4v) is 1.96. The van der Waals surface area contributed by atoms with E-state index >= 15 is 0 Å². The highest BCUT2D eigenvalue weighted by atomic mass is 79.9. The van der Waals surface area contributed by atoms with Crippen molar-refractivity contribution >= 4 is 27.5 Å². The van der Waals surface area contributed by atoms with Crippen molar-refractivity contribution in [3.8, 4) is 0 Å². The Kier molecular flexibility index (Phi) is 2.54. The van der Waals surface area contributed by atoms with Crippen LogP contribution < -0.4 is 10.4 Å². The average Bonchev–Trinajstić information content (AvgIpc) is 2.44. The highest BCUT2D eigenvalue weighted by molar-refractivity contribution is 9.10. The number of halogens is 1. The first kappa shape index (κ1) is 11.2. The number of carbonyl (C=O) groups excluding carboxylic acids is 1. The van der Waals surface area contributed by atoms with Gasteiger partial charge in [-0.25, -0.2) is 0 Å². The molecule has 1 aromatic rings. The molecule has 84 valence electrons. The normalized spacial score (nSPS) is 18.8. The Morgan fingerprint density at radius 1 is 1.31 bits per heavy atom. The fraction of sp³-hybridized carbons (Fsp3) is 0.250. The molecule has 0 unspecified atom stereocenters. The zero-order chi connectivity index (χ0) is 11.9. The van der Waals surface area contributed by atoms with Gasteiger partial charge in [-0.15, -0.1) is 0 Å². The maximum Gasteiger partial charge on any atom is 0.267 e. The highest BCUT2D eigenvalue weighted by Gasteiger charge is 2.41. The summed E-state index contributed by atoms with van der Waals surface area (Å²) in [5.41, 5.74) is 3.94. The molecule has 3 nitrogen and oxygen atoms in total. The molecule has 4 heteroatoms. The number of amides is 1. The zero-order valence-corrected chi connectivity index (χ0v) is 10.8. The summed E-state index contributed by atoms with van der Waals surface area (Å²) in [5, 5.41) is 1.84. The molecule has 1 aromatic carbocycles. The quantitative estimate of drug-likeness (QED) is 0.803. The maximum atomic E-state index is 11.6. The molecular formula is C12H13BrN2O. The number of carbonyl (C=O) groups is 1. The Morgan fingerprint density at radius 2 is 1.88 bits per heavy atom.